The molecule has 0 spiro atoms. The van der Waals surface area contributed by atoms with Crippen molar-refractivity contribution < 1.29 is 0 Å². The topological polar surface area (TPSA) is 28.2 Å². The molecule has 1 aliphatic heterocycles. The first-order valence-corrected chi connectivity index (χ1v) is 7.04. The summed E-state index contributed by atoms with van der Waals surface area (Å²) in [5.41, 5.74) is 3.08. The summed E-state index contributed by atoms with van der Waals surface area (Å²) in [6.07, 6.45) is 6.69. The van der Waals surface area contributed by atoms with E-state index >= 15 is 0 Å². The van der Waals surface area contributed by atoms with Crippen LogP contribution in [0.1, 0.15) is 30.9 Å². The van der Waals surface area contributed by atoms with Crippen LogP contribution in [0.25, 0.3) is 0 Å². The molecule has 1 N–H and O–H groups in total. The Labute approximate surface area is 110 Å². The van der Waals surface area contributed by atoms with Crippen molar-refractivity contribution in [1.82, 2.24) is 15.2 Å². The highest BCUT2D eigenvalue weighted by Crippen LogP contribution is 2.40. The Hall–Kier alpha value is -0.930. The van der Waals surface area contributed by atoms with E-state index in [0.29, 0.717) is 5.54 Å². The van der Waals surface area contributed by atoms with Crippen LogP contribution in [-0.2, 0) is 6.54 Å². The standard InChI is InChI=1S/C15H23N3/c1-12-9-16-6-5-13(12)10-18-8-7-17-15(2,11-18)14-3-4-14/h5-6,9,14,17H,3-4,7-8,10-11H2,1-2H3. The van der Waals surface area contributed by atoms with E-state index in [-0.39, 0.29) is 0 Å². The lowest BCUT2D eigenvalue weighted by molar-refractivity contribution is 0.121. The quantitative estimate of drug-likeness (QED) is 0.882. The highest BCUT2D eigenvalue weighted by molar-refractivity contribution is 5.21. The van der Waals surface area contributed by atoms with Crippen LogP contribution >= 0.6 is 0 Å². The summed E-state index contributed by atoms with van der Waals surface area (Å²) < 4.78 is 0. The summed E-state index contributed by atoms with van der Waals surface area (Å²) in [5.74, 6) is 0.902. The van der Waals surface area contributed by atoms with Crippen LogP contribution in [0.2, 0.25) is 0 Å². The molecule has 3 heteroatoms. The number of hydrogen-bond acceptors (Lipinski definition) is 3. The van der Waals surface area contributed by atoms with Crippen molar-refractivity contribution >= 4 is 0 Å². The number of nitrogens with one attached hydrogen (secondary N) is 1. The SMILES string of the molecule is Cc1cnccc1CN1CCNC(C)(C2CC2)C1. The van der Waals surface area contributed by atoms with E-state index in [1.165, 1.54) is 30.5 Å². The summed E-state index contributed by atoms with van der Waals surface area (Å²) in [7, 11) is 0. The molecule has 2 fully saturated rings. The van der Waals surface area contributed by atoms with Crippen LogP contribution in [0.4, 0.5) is 0 Å². The van der Waals surface area contributed by atoms with Crippen molar-refractivity contribution in [2.45, 2.75) is 38.8 Å². The van der Waals surface area contributed by atoms with Gasteiger partial charge in [-0.05, 0) is 49.8 Å². The Morgan fingerprint density at radius 2 is 2.33 bits per heavy atom. The molecule has 0 aromatic carbocycles. The van der Waals surface area contributed by atoms with E-state index < -0.39 is 0 Å². The van der Waals surface area contributed by atoms with Crippen molar-refractivity contribution in [2.75, 3.05) is 19.6 Å². The fraction of sp³-hybridized carbons (Fsp3) is 0.667. The molecular formula is C15H23N3. The molecule has 1 aromatic rings. The predicted molar refractivity (Wildman–Crippen MR) is 73.4 cm³/mol. The van der Waals surface area contributed by atoms with Crippen molar-refractivity contribution in [3.05, 3.63) is 29.6 Å². The van der Waals surface area contributed by atoms with E-state index in [0.717, 1.165) is 25.6 Å². The smallest absolute Gasteiger partial charge is 0.0309 e. The third kappa shape index (κ3) is 2.43. The number of hydrogen-bond donors (Lipinski definition) is 1. The van der Waals surface area contributed by atoms with Crippen LogP contribution in [0.15, 0.2) is 18.5 Å². The maximum absolute atomic E-state index is 4.17. The Kier molecular flexibility index (Phi) is 3.12. The van der Waals surface area contributed by atoms with Gasteiger partial charge in [0.15, 0.2) is 0 Å². The molecule has 2 heterocycles. The fourth-order valence-corrected chi connectivity index (χ4v) is 3.15. The molecule has 0 bridgehead atoms. The van der Waals surface area contributed by atoms with Gasteiger partial charge in [0.05, 0.1) is 0 Å². The van der Waals surface area contributed by atoms with Crippen molar-refractivity contribution in [3.8, 4) is 0 Å². The first-order valence-electron chi connectivity index (χ1n) is 7.04. The molecule has 1 aliphatic carbocycles. The second-order valence-electron chi connectivity index (χ2n) is 6.13. The number of rotatable bonds is 3. The highest BCUT2D eigenvalue weighted by atomic mass is 15.2. The van der Waals surface area contributed by atoms with Gasteiger partial charge in [0.25, 0.3) is 0 Å². The molecule has 98 valence electrons. The first kappa shape index (κ1) is 12.1. The number of aryl methyl sites for hydroxylation is 1. The molecule has 0 radical (unpaired) electrons. The second-order valence-corrected chi connectivity index (χ2v) is 6.13. The van der Waals surface area contributed by atoms with Gasteiger partial charge in [0.1, 0.15) is 0 Å². The molecule has 1 saturated heterocycles. The summed E-state index contributed by atoms with van der Waals surface area (Å²) >= 11 is 0. The molecule has 0 amide bonds. The van der Waals surface area contributed by atoms with E-state index in [4.69, 9.17) is 0 Å². The van der Waals surface area contributed by atoms with Gasteiger partial charge in [-0.1, -0.05) is 0 Å². The second kappa shape index (κ2) is 4.63. The largest absolute Gasteiger partial charge is 0.309 e. The third-order valence-corrected chi connectivity index (χ3v) is 4.52. The van der Waals surface area contributed by atoms with Gasteiger partial charge in [-0.2, -0.15) is 0 Å². The van der Waals surface area contributed by atoms with Gasteiger partial charge >= 0.3 is 0 Å². The van der Waals surface area contributed by atoms with Gasteiger partial charge in [-0.3, -0.25) is 9.88 Å². The summed E-state index contributed by atoms with van der Waals surface area (Å²) in [6.45, 7) is 9.08. The lowest BCUT2D eigenvalue weighted by atomic mass is 9.92. The third-order valence-electron chi connectivity index (χ3n) is 4.52. The van der Waals surface area contributed by atoms with E-state index in [1.807, 2.05) is 12.4 Å². The van der Waals surface area contributed by atoms with Crippen LogP contribution < -0.4 is 5.32 Å². The Morgan fingerprint density at radius 1 is 1.50 bits per heavy atom. The van der Waals surface area contributed by atoms with Crippen molar-refractivity contribution in [1.29, 1.82) is 0 Å². The van der Waals surface area contributed by atoms with E-state index in [2.05, 4.69) is 35.1 Å². The number of piperazine rings is 1. The normalized spacial score (nSPS) is 29.4. The van der Waals surface area contributed by atoms with E-state index in [1.54, 1.807) is 0 Å². The fourth-order valence-electron chi connectivity index (χ4n) is 3.15. The van der Waals surface area contributed by atoms with Gasteiger partial charge in [-0.25, -0.2) is 0 Å². The van der Waals surface area contributed by atoms with Crippen LogP contribution in [0.5, 0.6) is 0 Å². The molecule has 1 saturated carbocycles. The highest BCUT2D eigenvalue weighted by Gasteiger charge is 2.43. The Balaban J connectivity index is 1.68. The van der Waals surface area contributed by atoms with Crippen molar-refractivity contribution in [3.63, 3.8) is 0 Å². The first-order chi connectivity index (χ1) is 8.67. The Morgan fingerprint density at radius 3 is 3.06 bits per heavy atom. The lowest BCUT2D eigenvalue weighted by Crippen LogP contribution is -2.59. The summed E-state index contributed by atoms with van der Waals surface area (Å²) in [6, 6.07) is 2.16. The molecule has 3 rings (SSSR count). The molecule has 1 unspecified atom stereocenters. The van der Waals surface area contributed by atoms with Gasteiger partial charge in [0.2, 0.25) is 0 Å². The maximum Gasteiger partial charge on any atom is 0.0309 e. The van der Waals surface area contributed by atoms with Crippen LogP contribution in [0.3, 0.4) is 0 Å². The van der Waals surface area contributed by atoms with E-state index in [9.17, 15) is 0 Å². The average Bonchev–Trinajstić information content (AvgIpc) is 3.17. The minimum atomic E-state index is 0.346. The van der Waals surface area contributed by atoms with Crippen LogP contribution in [-0.4, -0.2) is 35.1 Å². The number of aromatic nitrogens is 1. The average molecular weight is 245 g/mol. The van der Waals surface area contributed by atoms with Gasteiger partial charge < -0.3 is 5.32 Å². The zero-order valence-corrected chi connectivity index (χ0v) is 11.4. The predicted octanol–water partition coefficient (Wildman–Crippen LogP) is 1.96. The minimum absolute atomic E-state index is 0.346. The number of nitrogens with zero attached hydrogens (tertiary/aromatic N) is 2. The molecule has 3 nitrogen and oxygen atoms in total. The molecule has 18 heavy (non-hydrogen) atoms. The van der Waals surface area contributed by atoms with Gasteiger partial charge in [-0.15, -0.1) is 0 Å². The summed E-state index contributed by atoms with van der Waals surface area (Å²) in [5, 5.41) is 3.73. The molecule has 2 aliphatic rings. The minimum Gasteiger partial charge on any atom is -0.309 e. The maximum atomic E-state index is 4.17. The zero-order chi connectivity index (χ0) is 12.6. The Bertz CT molecular complexity index is 428. The summed E-state index contributed by atoms with van der Waals surface area (Å²) in [4.78, 5) is 6.77. The van der Waals surface area contributed by atoms with Crippen molar-refractivity contribution in [2.24, 2.45) is 5.92 Å². The van der Waals surface area contributed by atoms with Crippen LogP contribution in [0, 0.1) is 12.8 Å². The lowest BCUT2D eigenvalue weighted by Gasteiger charge is -2.42. The molecular weight excluding hydrogens is 222 g/mol. The molecule has 1 atom stereocenters. The zero-order valence-electron chi connectivity index (χ0n) is 11.4. The molecule has 1 aromatic heterocycles. The number of pyridine rings is 1. The monoisotopic (exact) mass is 245 g/mol. The van der Waals surface area contributed by atoms with Gasteiger partial charge in [0, 0.05) is 44.1 Å².